The molecule has 5 rings (SSSR count). The Morgan fingerprint density at radius 3 is 2.52 bits per heavy atom. The summed E-state index contributed by atoms with van der Waals surface area (Å²) in [5, 5.41) is 1.53. The summed E-state index contributed by atoms with van der Waals surface area (Å²) in [6, 6.07) is 16.0. The number of aromatic nitrogens is 1. The van der Waals surface area contributed by atoms with Crippen molar-refractivity contribution in [3.63, 3.8) is 0 Å². The molecule has 0 radical (unpaired) electrons. The van der Waals surface area contributed by atoms with Crippen LogP contribution in [0.1, 0.15) is 0 Å². The normalized spacial score (nSPS) is 14.3. The van der Waals surface area contributed by atoms with Gasteiger partial charge in [0.25, 0.3) is 5.56 Å². The fourth-order valence-corrected chi connectivity index (χ4v) is 4.83. The maximum Gasteiger partial charge on any atom is 0.273 e. The van der Waals surface area contributed by atoms with Crippen molar-refractivity contribution in [1.82, 2.24) is 9.47 Å². The molecular formula is C23H19Cl2FN2O2S. The number of benzene rings is 2. The number of pyridine rings is 1. The molecule has 0 saturated carbocycles. The number of likely N-dealkylation sites (N-methyl/N-ethyl adjacent to an activating group) is 1. The first-order valence-electron chi connectivity index (χ1n) is 9.54. The molecule has 1 saturated heterocycles. The van der Waals surface area contributed by atoms with Crippen molar-refractivity contribution in [2.75, 3.05) is 20.1 Å². The summed E-state index contributed by atoms with van der Waals surface area (Å²) in [6.07, 6.45) is 1.69. The van der Waals surface area contributed by atoms with Crippen molar-refractivity contribution in [1.29, 1.82) is 0 Å². The molecule has 0 unspecified atom stereocenters. The summed E-state index contributed by atoms with van der Waals surface area (Å²) >= 11 is 7.39. The summed E-state index contributed by atoms with van der Waals surface area (Å²) in [7, 11) is 1.99. The Hall–Kier alpha value is -2.38. The van der Waals surface area contributed by atoms with E-state index in [2.05, 4.69) is 4.90 Å². The topological polar surface area (TPSA) is 34.5 Å². The Kier molecular flexibility index (Phi) is 6.08. The number of likely N-dealkylation sites (tertiary alicyclic amines) is 1. The monoisotopic (exact) mass is 476 g/mol. The highest BCUT2D eigenvalue weighted by molar-refractivity contribution is 7.22. The lowest BCUT2D eigenvalue weighted by Gasteiger charge is -2.36. The number of fused-ring (bicyclic) bond motifs is 1. The predicted octanol–water partition coefficient (Wildman–Crippen LogP) is 5.63. The fourth-order valence-electron chi connectivity index (χ4n) is 3.62. The van der Waals surface area contributed by atoms with Crippen molar-refractivity contribution < 1.29 is 9.13 Å². The Labute approximate surface area is 193 Å². The van der Waals surface area contributed by atoms with E-state index in [0.717, 1.165) is 28.9 Å². The molecule has 4 aromatic rings. The van der Waals surface area contributed by atoms with Gasteiger partial charge in [0.05, 0.1) is 5.69 Å². The van der Waals surface area contributed by atoms with E-state index >= 15 is 0 Å². The Bertz CT molecular complexity index is 1300. The van der Waals surface area contributed by atoms with Gasteiger partial charge in [-0.15, -0.1) is 23.7 Å². The van der Waals surface area contributed by atoms with Crippen LogP contribution in [0, 0.1) is 5.82 Å². The lowest BCUT2D eigenvalue weighted by atomic mass is 10.2. The first-order chi connectivity index (χ1) is 14.5. The second kappa shape index (κ2) is 8.63. The van der Waals surface area contributed by atoms with Crippen LogP contribution in [0.4, 0.5) is 4.39 Å². The van der Waals surface area contributed by atoms with Gasteiger partial charge in [0, 0.05) is 40.6 Å². The van der Waals surface area contributed by atoms with E-state index in [0.29, 0.717) is 15.4 Å². The van der Waals surface area contributed by atoms with Gasteiger partial charge in [-0.1, -0.05) is 23.7 Å². The van der Waals surface area contributed by atoms with Crippen molar-refractivity contribution in [2.45, 2.75) is 6.10 Å². The number of nitrogens with zero attached hydrogens (tertiary/aromatic N) is 2. The van der Waals surface area contributed by atoms with E-state index in [1.807, 2.05) is 43.4 Å². The van der Waals surface area contributed by atoms with Crippen molar-refractivity contribution in [3.05, 3.63) is 82.0 Å². The first kappa shape index (κ1) is 21.8. The van der Waals surface area contributed by atoms with E-state index in [1.54, 1.807) is 18.3 Å². The number of halogens is 3. The summed E-state index contributed by atoms with van der Waals surface area (Å²) < 4.78 is 22.4. The molecule has 0 amide bonds. The third kappa shape index (κ3) is 4.21. The van der Waals surface area contributed by atoms with Gasteiger partial charge in [-0.2, -0.15) is 0 Å². The molecule has 0 aliphatic carbocycles. The number of hydrogen-bond acceptors (Lipinski definition) is 4. The minimum atomic E-state index is -0.470. The van der Waals surface area contributed by atoms with Crippen LogP contribution >= 0.6 is 35.3 Å². The highest BCUT2D eigenvalue weighted by atomic mass is 35.5. The van der Waals surface area contributed by atoms with E-state index < -0.39 is 5.82 Å². The smallest absolute Gasteiger partial charge is 0.273 e. The largest absolute Gasteiger partial charge is 0.485 e. The van der Waals surface area contributed by atoms with Gasteiger partial charge >= 0.3 is 0 Å². The summed E-state index contributed by atoms with van der Waals surface area (Å²) in [4.78, 5) is 16.2. The average Bonchev–Trinajstić information content (AvgIpc) is 3.14. The molecule has 1 fully saturated rings. The number of hydrogen-bond donors (Lipinski definition) is 0. The zero-order chi connectivity index (χ0) is 20.8. The van der Waals surface area contributed by atoms with Crippen LogP contribution in [0.3, 0.4) is 0 Å². The maximum absolute atomic E-state index is 14.6. The molecule has 31 heavy (non-hydrogen) atoms. The molecule has 0 N–H and O–H groups in total. The van der Waals surface area contributed by atoms with Gasteiger partial charge < -0.3 is 4.74 Å². The minimum absolute atomic E-state index is 0. The summed E-state index contributed by atoms with van der Waals surface area (Å²) in [5.41, 5.74) is 1.30. The van der Waals surface area contributed by atoms with E-state index in [1.165, 1.54) is 22.0 Å². The molecule has 3 heterocycles. The van der Waals surface area contributed by atoms with Gasteiger partial charge in [-0.3, -0.25) is 14.3 Å². The van der Waals surface area contributed by atoms with Crippen molar-refractivity contribution in [2.24, 2.45) is 0 Å². The van der Waals surface area contributed by atoms with Gasteiger partial charge in [0.1, 0.15) is 10.8 Å². The maximum atomic E-state index is 14.6. The standard InChI is InChI=1S/C23H18ClFN2O2S.ClH/c1-26-12-18(13-26)29-20-7-6-17(11-19(20)25)27-9-8-15-10-21(30-22(15)23(27)28)14-2-4-16(24)5-3-14;/h2-11,18H,12-13H2,1H3;1H. The Balaban J connectivity index is 0.00000231. The lowest BCUT2D eigenvalue weighted by molar-refractivity contribution is 0.0361. The highest BCUT2D eigenvalue weighted by Gasteiger charge is 2.25. The molecular weight excluding hydrogens is 458 g/mol. The molecule has 0 bridgehead atoms. The van der Waals surface area contributed by atoms with Gasteiger partial charge in [-0.05, 0) is 49.0 Å². The third-order valence-electron chi connectivity index (χ3n) is 5.22. The number of rotatable bonds is 4. The third-order valence-corrected chi connectivity index (χ3v) is 6.66. The highest BCUT2D eigenvalue weighted by Crippen LogP contribution is 2.32. The second-order valence-electron chi connectivity index (χ2n) is 7.47. The molecule has 2 aromatic heterocycles. The summed E-state index contributed by atoms with van der Waals surface area (Å²) in [5.74, 6) is -0.255. The van der Waals surface area contributed by atoms with Crippen molar-refractivity contribution >= 4 is 45.4 Å². The molecule has 8 heteroatoms. The van der Waals surface area contributed by atoms with Gasteiger partial charge in [0.15, 0.2) is 11.6 Å². The molecule has 1 aliphatic heterocycles. The van der Waals surface area contributed by atoms with E-state index in [9.17, 15) is 9.18 Å². The number of ether oxygens (including phenoxy) is 1. The van der Waals surface area contributed by atoms with Crippen LogP contribution in [-0.4, -0.2) is 35.7 Å². The van der Waals surface area contributed by atoms with Crippen LogP contribution in [0.2, 0.25) is 5.02 Å². The number of thiophene rings is 1. The van der Waals surface area contributed by atoms with E-state index in [-0.39, 0.29) is 29.8 Å². The second-order valence-corrected chi connectivity index (χ2v) is 8.96. The summed E-state index contributed by atoms with van der Waals surface area (Å²) in [6.45, 7) is 1.57. The lowest BCUT2D eigenvalue weighted by Crippen LogP contribution is -2.51. The van der Waals surface area contributed by atoms with E-state index in [4.69, 9.17) is 16.3 Å². The first-order valence-corrected chi connectivity index (χ1v) is 10.7. The quantitative estimate of drug-likeness (QED) is 0.382. The molecule has 0 atom stereocenters. The minimum Gasteiger partial charge on any atom is -0.485 e. The molecule has 160 valence electrons. The Morgan fingerprint density at radius 1 is 1.10 bits per heavy atom. The zero-order valence-corrected chi connectivity index (χ0v) is 18.9. The van der Waals surface area contributed by atoms with Gasteiger partial charge in [-0.25, -0.2) is 4.39 Å². The van der Waals surface area contributed by atoms with Crippen LogP contribution in [0.25, 0.3) is 26.2 Å². The molecule has 4 nitrogen and oxygen atoms in total. The van der Waals surface area contributed by atoms with Crippen LogP contribution in [0.5, 0.6) is 5.75 Å². The molecule has 1 aliphatic rings. The van der Waals surface area contributed by atoms with Crippen LogP contribution < -0.4 is 10.3 Å². The van der Waals surface area contributed by atoms with Crippen molar-refractivity contribution in [3.8, 4) is 21.9 Å². The Morgan fingerprint density at radius 2 is 1.84 bits per heavy atom. The average molecular weight is 477 g/mol. The van der Waals surface area contributed by atoms with Crippen LogP contribution in [-0.2, 0) is 0 Å². The molecule has 0 spiro atoms. The van der Waals surface area contributed by atoms with Gasteiger partial charge in [0.2, 0.25) is 0 Å². The molecule has 2 aromatic carbocycles. The SMILES string of the molecule is CN1CC(Oc2ccc(-n3ccc4cc(-c5ccc(Cl)cc5)sc4c3=O)cc2F)C1.Cl. The zero-order valence-electron chi connectivity index (χ0n) is 16.5. The fraction of sp³-hybridized carbons (Fsp3) is 0.174. The predicted molar refractivity (Wildman–Crippen MR) is 127 cm³/mol. The van der Waals surface area contributed by atoms with Crippen LogP contribution in [0.15, 0.2) is 65.6 Å².